The van der Waals surface area contributed by atoms with E-state index in [0.29, 0.717) is 6.42 Å². The van der Waals surface area contributed by atoms with Crippen LogP contribution in [0.5, 0.6) is 0 Å². The number of aliphatic hydroxyl groups is 1. The number of esters is 1. The second-order valence-electron chi connectivity index (χ2n) is 5.48. The van der Waals surface area contributed by atoms with E-state index in [0.717, 1.165) is 7.11 Å². The van der Waals surface area contributed by atoms with Gasteiger partial charge >= 0.3 is 5.97 Å². The highest BCUT2D eigenvalue weighted by Crippen LogP contribution is 2.20. The zero-order chi connectivity index (χ0) is 14.6. The first-order chi connectivity index (χ1) is 7.99. The fourth-order valence-corrected chi connectivity index (χ4v) is 2.43. The number of carbonyl (C=O) groups excluding carboxylic acids is 1. The molecular weight excluding hydrogens is 258 g/mol. The molecule has 0 aliphatic heterocycles. The van der Waals surface area contributed by atoms with Gasteiger partial charge in [0, 0.05) is 6.54 Å². The number of hydrogen-bond donors (Lipinski definition) is 2. The van der Waals surface area contributed by atoms with Crippen molar-refractivity contribution in [3.8, 4) is 0 Å². The minimum atomic E-state index is -3.81. The fraction of sp³-hybridized carbons (Fsp3) is 0.909. The van der Waals surface area contributed by atoms with E-state index >= 15 is 0 Å². The highest BCUT2D eigenvalue weighted by atomic mass is 32.2. The fourth-order valence-electron chi connectivity index (χ4n) is 1.41. The highest BCUT2D eigenvalue weighted by molar-refractivity contribution is 7.90. The third-order valence-corrected chi connectivity index (χ3v) is 4.06. The van der Waals surface area contributed by atoms with Gasteiger partial charge in [0.2, 0.25) is 10.0 Å². The van der Waals surface area contributed by atoms with Crippen molar-refractivity contribution in [2.75, 3.05) is 13.7 Å². The average molecular weight is 281 g/mol. The summed E-state index contributed by atoms with van der Waals surface area (Å²) in [7, 11) is -2.68. The van der Waals surface area contributed by atoms with Crippen molar-refractivity contribution < 1.29 is 23.1 Å². The molecule has 0 aromatic rings. The topological polar surface area (TPSA) is 92.7 Å². The highest BCUT2D eigenvalue weighted by Gasteiger charge is 2.29. The van der Waals surface area contributed by atoms with E-state index in [-0.39, 0.29) is 12.0 Å². The van der Waals surface area contributed by atoms with Crippen molar-refractivity contribution in [2.45, 2.75) is 45.5 Å². The monoisotopic (exact) mass is 281 g/mol. The molecule has 6 nitrogen and oxygen atoms in total. The van der Waals surface area contributed by atoms with Gasteiger partial charge in [0.15, 0.2) is 5.25 Å². The molecule has 7 heteroatoms. The first-order valence-electron chi connectivity index (χ1n) is 5.74. The molecule has 0 radical (unpaired) electrons. The number of aliphatic hydroxyl groups excluding tert-OH is 1. The Morgan fingerprint density at radius 2 is 1.89 bits per heavy atom. The van der Waals surface area contributed by atoms with Crippen LogP contribution in [0.4, 0.5) is 0 Å². The molecule has 2 unspecified atom stereocenters. The van der Waals surface area contributed by atoms with Gasteiger partial charge in [-0.25, -0.2) is 13.1 Å². The summed E-state index contributed by atoms with van der Waals surface area (Å²) in [6.07, 6.45) is -0.327. The van der Waals surface area contributed by atoms with Crippen LogP contribution in [0.1, 0.15) is 34.1 Å². The van der Waals surface area contributed by atoms with Crippen LogP contribution in [0.25, 0.3) is 0 Å². The summed E-state index contributed by atoms with van der Waals surface area (Å²) in [5.74, 6) is -0.826. The Labute approximate surface area is 109 Å². The Bertz CT molecular complexity index is 371. The van der Waals surface area contributed by atoms with Crippen molar-refractivity contribution in [1.82, 2.24) is 4.72 Å². The maximum atomic E-state index is 11.7. The van der Waals surface area contributed by atoms with Gasteiger partial charge in [0.1, 0.15) is 0 Å². The Balaban J connectivity index is 4.40. The predicted octanol–water partition coefficient (Wildman–Crippen LogP) is 0.264. The predicted molar refractivity (Wildman–Crippen MR) is 68.5 cm³/mol. The molecule has 108 valence electrons. The molecule has 0 bridgehead atoms. The maximum absolute atomic E-state index is 11.7. The van der Waals surface area contributed by atoms with Gasteiger partial charge < -0.3 is 9.84 Å². The third-order valence-electron chi connectivity index (χ3n) is 2.37. The summed E-state index contributed by atoms with van der Waals surface area (Å²) in [6.45, 7) is 6.97. The lowest BCUT2D eigenvalue weighted by Gasteiger charge is -2.22. The normalized spacial score (nSPS) is 16.1. The molecular formula is C11H23NO5S. The number of carbonyl (C=O) groups is 1. The molecule has 2 atom stereocenters. The zero-order valence-corrected chi connectivity index (χ0v) is 12.4. The number of hydrogen-bond acceptors (Lipinski definition) is 5. The standard InChI is InChI=1S/C11H23NO5S/c1-8(10(14)17-5)18(15,16)12-7-9(13)6-11(2,3)4/h8-9,12-13H,6-7H2,1-5H3. The maximum Gasteiger partial charge on any atom is 0.325 e. The summed E-state index contributed by atoms with van der Waals surface area (Å²) >= 11 is 0. The summed E-state index contributed by atoms with van der Waals surface area (Å²) in [5.41, 5.74) is -0.0984. The van der Waals surface area contributed by atoms with Crippen LogP contribution in [0.3, 0.4) is 0 Å². The van der Waals surface area contributed by atoms with Crippen molar-refractivity contribution in [3.05, 3.63) is 0 Å². The third kappa shape index (κ3) is 6.32. The second kappa shape index (κ2) is 6.49. The van der Waals surface area contributed by atoms with Gasteiger partial charge in [0.25, 0.3) is 0 Å². The molecule has 0 saturated carbocycles. The molecule has 0 amide bonds. The number of methoxy groups -OCH3 is 1. The smallest absolute Gasteiger partial charge is 0.325 e. The van der Waals surface area contributed by atoms with Crippen LogP contribution in [0.2, 0.25) is 0 Å². The molecule has 0 rings (SSSR count). The molecule has 0 spiro atoms. The van der Waals surface area contributed by atoms with Gasteiger partial charge in [-0.1, -0.05) is 20.8 Å². The van der Waals surface area contributed by atoms with Gasteiger partial charge in [-0.15, -0.1) is 0 Å². The van der Waals surface area contributed by atoms with E-state index in [9.17, 15) is 18.3 Å². The lowest BCUT2D eigenvalue weighted by molar-refractivity contribution is -0.139. The number of rotatable bonds is 6. The zero-order valence-electron chi connectivity index (χ0n) is 11.6. The molecule has 0 saturated heterocycles. The molecule has 0 aliphatic carbocycles. The summed E-state index contributed by atoms with van der Waals surface area (Å²) < 4.78 is 29.9. The van der Waals surface area contributed by atoms with Crippen LogP contribution in [-0.2, 0) is 19.6 Å². The van der Waals surface area contributed by atoms with E-state index in [1.54, 1.807) is 0 Å². The number of nitrogens with one attached hydrogen (secondary N) is 1. The van der Waals surface area contributed by atoms with E-state index < -0.39 is 27.3 Å². The summed E-state index contributed by atoms with van der Waals surface area (Å²) in [6, 6.07) is 0. The van der Waals surface area contributed by atoms with Crippen molar-refractivity contribution in [1.29, 1.82) is 0 Å². The Kier molecular flexibility index (Phi) is 6.25. The van der Waals surface area contributed by atoms with E-state index in [1.807, 2.05) is 20.8 Å². The summed E-state index contributed by atoms with van der Waals surface area (Å²) in [4.78, 5) is 11.1. The lowest BCUT2D eigenvalue weighted by Crippen LogP contribution is -2.42. The molecule has 0 fully saturated rings. The SMILES string of the molecule is COC(=O)C(C)S(=O)(=O)NCC(O)CC(C)(C)C. The Morgan fingerprint density at radius 3 is 2.28 bits per heavy atom. The first kappa shape index (κ1) is 17.3. The van der Waals surface area contributed by atoms with E-state index in [4.69, 9.17) is 0 Å². The van der Waals surface area contributed by atoms with Crippen LogP contribution in [-0.4, -0.2) is 44.5 Å². The van der Waals surface area contributed by atoms with Gasteiger partial charge in [-0.2, -0.15) is 0 Å². The minimum absolute atomic E-state index is 0.0984. The first-order valence-corrected chi connectivity index (χ1v) is 7.28. The van der Waals surface area contributed by atoms with Crippen LogP contribution in [0.15, 0.2) is 0 Å². The van der Waals surface area contributed by atoms with E-state index in [2.05, 4.69) is 9.46 Å². The van der Waals surface area contributed by atoms with Crippen LogP contribution < -0.4 is 4.72 Å². The van der Waals surface area contributed by atoms with Gasteiger partial charge in [-0.05, 0) is 18.8 Å². The summed E-state index contributed by atoms with van der Waals surface area (Å²) in [5, 5.41) is 8.39. The van der Waals surface area contributed by atoms with Crippen molar-refractivity contribution in [3.63, 3.8) is 0 Å². The molecule has 0 aromatic heterocycles. The number of sulfonamides is 1. The molecule has 18 heavy (non-hydrogen) atoms. The molecule has 2 N–H and O–H groups in total. The van der Waals surface area contributed by atoms with Crippen molar-refractivity contribution in [2.24, 2.45) is 5.41 Å². The average Bonchev–Trinajstić information content (AvgIpc) is 2.22. The largest absolute Gasteiger partial charge is 0.468 e. The van der Waals surface area contributed by atoms with Crippen LogP contribution >= 0.6 is 0 Å². The molecule has 0 aromatic carbocycles. The van der Waals surface area contributed by atoms with Gasteiger partial charge in [0.05, 0.1) is 13.2 Å². The second-order valence-corrected chi connectivity index (χ2v) is 7.56. The molecule has 0 heterocycles. The Morgan fingerprint density at radius 1 is 1.39 bits per heavy atom. The quantitative estimate of drug-likeness (QED) is 0.681. The van der Waals surface area contributed by atoms with Gasteiger partial charge in [-0.3, -0.25) is 4.79 Å². The lowest BCUT2D eigenvalue weighted by atomic mass is 9.89. The van der Waals surface area contributed by atoms with Crippen molar-refractivity contribution >= 4 is 16.0 Å². The van der Waals surface area contributed by atoms with E-state index in [1.165, 1.54) is 6.92 Å². The Hall–Kier alpha value is -0.660. The minimum Gasteiger partial charge on any atom is -0.468 e. The number of ether oxygens (including phenoxy) is 1. The molecule has 0 aliphatic rings. The van der Waals surface area contributed by atoms with Crippen LogP contribution in [0, 0.1) is 5.41 Å².